The number of benzene rings is 1. The highest BCUT2D eigenvalue weighted by atomic mass is 16.5. The number of carbonyl (C=O) groups excluding carboxylic acids is 1. The van der Waals surface area contributed by atoms with E-state index in [9.17, 15) is 4.79 Å². The van der Waals surface area contributed by atoms with Crippen molar-refractivity contribution in [3.63, 3.8) is 0 Å². The molecule has 0 radical (unpaired) electrons. The first-order valence-corrected chi connectivity index (χ1v) is 9.54. The summed E-state index contributed by atoms with van der Waals surface area (Å²) in [6, 6.07) is 9.96. The van der Waals surface area contributed by atoms with Gasteiger partial charge in [0.1, 0.15) is 16.9 Å². The number of amides is 1. The van der Waals surface area contributed by atoms with E-state index in [2.05, 4.69) is 15.3 Å². The molecule has 29 heavy (non-hydrogen) atoms. The lowest BCUT2D eigenvalue weighted by atomic mass is 9.96. The molecule has 4 rings (SSSR count). The van der Waals surface area contributed by atoms with Gasteiger partial charge in [0.25, 0.3) is 0 Å². The maximum Gasteiger partial charge on any atom is 0.302 e. The number of ether oxygens (including phenoxy) is 1. The van der Waals surface area contributed by atoms with E-state index in [0.717, 1.165) is 41.0 Å². The molecule has 1 N–H and O–H groups in total. The van der Waals surface area contributed by atoms with Crippen LogP contribution in [0.25, 0.3) is 16.7 Å². The molecule has 4 aromatic rings. The molecule has 0 unspecified atom stereocenters. The summed E-state index contributed by atoms with van der Waals surface area (Å²) in [5.41, 5.74) is 3.86. The van der Waals surface area contributed by atoms with E-state index in [4.69, 9.17) is 9.15 Å². The molecule has 150 valence electrons. The summed E-state index contributed by atoms with van der Waals surface area (Å²) in [6.45, 7) is 5.54. The summed E-state index contributed by atoms with van der Waals surface area (Å²) >= 11 is 0. The summed E-state index contributed by atoms with van der Waals surface area (Å²) in [4.78, 5) is 21.1. The van der Waals surface area contributed by atoms with Gasteiger partial charge in [-0.05, 0) is 36.6 Å². The Kier molecular flexibility index (Phi) is 4.74. The van der Waals surface area contributed by atoms with Crippen molar-refractivity contribution in [3.05, 3.63) is 54.0 Å². The molecule has 0 aliphatic rings. The Balaban J connectivity index is 1.47. The van der Waals surface area contributed by atoms with Gasteiger partial charge in [0.15, 0.2) is 5.58 Å². The predicted molar refractivity (Wildman–Crippen MR) is 111 cm³/mol. The minimum absolute atomic E-state index is 0.132. The van der Waals surface area contributed by atoms with Crippen LogP contribution in [0.1, 0.15) is 32.0 Å². The molecule has 3 aromatic heterocycles. The number of aryl methyl sites for hydroxylation is 2. The number of methoxy groups -OCH3 is 1. The van der Waals surface area contributed by atoms with E-state index in [1.807, 2.05) is 67.9 Å². The van der Waals surface area contributed by atoms with Crippen molar-refractivity contribution in [2.45, 2.75) is 33.6 Å². The smallest absolute Gasteiger partial charge is 0.302 e. The van der Waals surface area contributed by atoms with Gasteiger partial charge >= 0.3 is 6.01 Å². The van der Waals surface area contributed by atoms with Crippen LogP contribution in [0.3, 0.4) is 0 Å². The molecule has 0 saturated heterocycles. The highest BCUT2D eigenvalue weighted by molar-refractivity contribution is 5.93. The zero-order chi connectivity index (χ0) is 20.6. The van der Waals surface area contributed by atoms with Gasteiger partial charge in [0.05, 0.1) is 12.8 Å². The minimum Gasteiger partial charge on any atom is -0.497 e. The Labute approximate surface area is 168 Å². The van der Waals surface area contributed by atoms with Crippen LogP contribution >= 0.6 is 0 Å². The number of imidazole rings is 1. The third kappa shape index (κ3) is 4.08. The van der Waals surface area contributed by atoms with E-state index >= 15 is 0 Å². The Morgan fingerprint density at radius 2 is 2.00 bits per heavy atom. The van der Waals surface area contributed by atoms with Crippen molar-refractivity contribution in [1.29, 1.82) is 0 Å². The van der Waals surface area contributed by atoms with Crippen LogP contribution in [0.2, 0.25) is 0 Å². The number of carbonyl (C=O) groups is 1. The van der Waals surface area contributed by atoms with Crippen LogP contribution < -0.4 is 10.1 Å². The fourth-order valence-electron chi connectivity index (χ4n) is 3.00. The Bertz CT molecular complexity index is 1180. The van der Waals surface area contributed by atoms with Crippen molar-refractivity contribution in [1.82, 2.24) is 14.4 Å². The first kappa shape index (κ1) is 19.0. The van der Waals surface area contributed by atoms with E-state index in [1.165, 1.54) is 0 Å². The molecule has 0 aliphatic carbocycles. The minimum atomic E-state index is -0.510. The summed E-state index contributed by atoms with van der Waals surface area (Å²) in [6.07, 6.45) is 5.60. The maximum atomic E-state index is 12.1. The molecule has 1 amide bonds. The predicted octanol–water partition coefficient (Wildman–Crippen LogP) is 4.25. The summed E-state index contributed by atoms with van der Waals surface area (Å²) < 4.78 is 13.0. The molecule has 1 aromatic carbocycles. The zero-order valence-corrected chi connectivity index (χ0v) is 17.0. The number of hydrogen-bond acceptors (Lipinski definition) is 5. The number of anilines is 1. The van der Waals surface area contributed by atoms with Gasteiger partial charge in [0.2, 0.25) is 5.91 Å². The lowest BCUT2D eigenvalue weighted by molar-refractivity contribution is -0.123. The van der Waals surface area contributed by atoms with E-state index < -0.39 is 5.41 Å². The number of fused-ring (bicyclic) bond motifs is 2. The molecule has 0 fully saturated rings. The molecule has 0 bridgehead atoms. The molecule has 3 heterocycles. The first-order chi connectivity index (χ1) is 13.8. The molecular weight excluding hydrogens is 368 g/mol. The van der Waals surface area contributed by atoms with E-state index in [0.29, 0.717) is 5.58 Å². The quantitative estimate of drug-likeness (QED) is 0.549. The number of rotatable bonds is 5. The molecular formula is C22H24N4O3. The second-order valence-corrected chi connectivity index (χ2v) is 8.09. The van der Waals surface area contributed by atoms with Crippen molar-refractivity contribution in [3.8, 4) is 5.75 Å². The molecule has 7 heteroatoms. The van der Waals surface area contributed by atoms with Crippen LogP contribution in [0, 0.1) is 5.41 Å². The van der Waals surface area contributed by atoms with Gasteiger partial charge in [-0.25, -0.2) is 4.98 Å². The van der Waals surface area contributed by atoms with Crippen molar-refractivity contribution in [2.75, 3.05) is 12.4 Å². The van der Waals surface area contributed by atoms with Gasteiger partial charge in [-0.3, -0.25) is 10.1 Å². The van der Waals surface area contributed by atoms with Crippen molar-refractivity contribution < 1.29 is 13.9 Å². The van der Waals surface area contributed by atoms with Crippen LogP contribution in [0.4, 0.5) is 6.01 Å². The summed E-state index contributed by atoms with van der Waals surface area (Å²) in [7, 11) is 1.65. The normalized spacial score (nSPS) is 11.9. The van der Waals surface area contributed by atoms with Crippen LogP contribution in [-0.2, 0) is 17.6 Å². The Morgan fingerprint density at radius 1 is 1.17 bits per heavy atom. The largest absolute Gasteiger partial charge is 0.497 e. The number of nitrogens with zero attached hydrogens (tertiary/aromatic N) is 3. The monoisotopic (exact) mass is 392 g/mol. The van der Waals surface area contributed by atoms with Crippen LogP contribution in [0.5, 0.6) is 5.75 Å². The average molecular weight is 392 g/mol. The topological polar surface area (TPSA) is 81.7 Å². The number of oxazole rings is 1. The third-order valence-electron chi connectivity index (χ3n) is 4.74. The summed E-state index contributed by atoms with van der Waals surface area (Å²) in [5, 5.41) is 2.73. The standard InChI is InChI=1S/C22H24N4O3/c1-22(2,3)20(27)25-21-24-17-8-6-14(11-18(17)29-21)5-7-15-13-26-10-9-16(28-4)12-19(26)23-15/h6,8-13H,5,7H2,1-4H3,(H,24,25,27). The van der Waals surface area contributed by atoms with Gasteiger partial charge < -0.3 is 13.6 Å². The second kappa shape index (κ2) is 7.24. The number of nitrogens with one attached hydrogen (secondary N) is 1. The van der Waals surface area contributed by atoms with Crippen LogP contribution in [0.15, 0.2) is 47.1 Å². The average Bonchev–Trinajstić information content (AvgIpc) is 3.27. The molecule has 0 spiro atoms. The van der Waals surface area contributed by atoms with E-state index in [-0.39, 0.29) is 11.9 Å². The van der Waals surface area contributed by atoms with Gasteiger partial charge in [0, 0.05) is 23.9 Å². The van der Waals surface area contributed by atoms with E-state index in [1.54, 1.807) is 7.11 Å². The Hall–Kier alpha value is -3.35. The molecule has 7 nitrogen and oxygen atoms in total. The highest BCUT2D eigenvalue weighted by Crippen LogP contribution is 2.23. The summed E-state index contributed by atoms with van der Waals surface area (Å²) in [5.74, 6) is 0.660. The SMILES string of the molecule is COc1ccn2cc(CCc3ccc4nc(NC(=O)C(C)(C)C)oc4c3)nc2c1. The Morgan fingerprint density at radius 3 is 2.76 bits per heavy atom. The fourth-order valence-corrected chi connectivity index (χ4v) is 3.00. The first-order valence-electron chi connectivity index (χ1n) is 9.54. The van der Waals surface area contributed by atoms with Crippen molar-refractivity contribution in [2.24, 2.45) is 5.41 Å². The lowest BCUT2D eigenvalue weighted by Crippen LogP contribution is -2.27. The lowest BCUT2D eigenvalue weighted by Gasteiger charge is -2.15. The number of pyridine rings is 1. The maximum absolute atomic E-state index is 12.1. The molecule has 0 saturated carbocycles. The van der Waals surface area contributed by atoms with Gasteiger partial charge in [-0.1, -0.05) is 26.8 Å². The number of hydrogen-bond donors (Lipinski definition) is 1. The zero-order valence-electron chi connectivity index (χ0n) is 17.0. The van der Waals surface area contributed by atoms with Gasteiger partial charge in [-0.15, -0.1) is 0 Å². The fraction of sp³-hybridized carbons (Fsp3) is 0.318. The third-order valence-corrected chi connectivity index (χ3v) is 4.74. The molecule has 0 aliphatic heterocycles. The van der Waals surface area contributed by atoms with Crippen LogP contribution in [-0.4, -0.2) is 27.4 Å². The highest BCUT2D eigenvalue weighted by Gasteiger charge is 2.23. The van der Waals surface area contributed by atoms with Gasteiger partial charge in [-0.2, -0.15) is 4.98 Å². The number of aromatic nitrogens is 3. The molecule has 0 atom stereocenters. The second-order valence-electron chi connectivity index (χ2n) is 8.09. The van der Waals surface area contributed by atoms with Crippen molar-refractivity contribution >= 4 is 28.7 Å².